The quantitative estimate of drug-likeness (QED) is 0.520. The summed E-state index contributed by atoms with van der Waals surface area (Å²) < 4.78 is 5.18. The van der Waals surface area contributed by atoms with Gasteiger partial charge < -0.3 is 4.74 Å². The molecule has 0 aromatic carbocycles. The summed E-state index contributed by atoms with van der Waals surface area (Å²) in [5.74, 6) is -0.253. The number of hydrogen-bond donors (Lipinski definition) is 0. The highest BCUT2D eigenvalue weighted by atomic mass is 79.9. The van der Waals surface area contributed by atoms with Crippen LogP contribution in [0.3, 0.4) is 0 Å². The molecule has 1 rings (SSSR count). The third kappa shape index (κ3) is 1.10. The Kier molecular flexibility index (Phi) is 1.68. The second-order valence-electron chi connectivity index (χ2n) is 1.48. The molecule has 0 fully saturated rings. The van der Waals surface area contributed by atoms with Crippen molar-refractivity contribution in [1.29, 1.82) is 0 Å². The average molecular weight is 177 g/mol. The van der Waals surface area contributed by atoms with E-state index in [1.54, 1.807) is 0 Å². The van der Waals surface area contributed by atoms with Crippen LogP contribution in [0.1, 0.15) is 6.42 Å². The molecule has 0 atom stereocenters. The first-order valence-corrected chi connectivity index (χ1v) is 3.13. The SMILES string of the molecule is O=C1OCCC=C1Br. The van der Waals surface area contributed by atoms with Gasteiger partial charge in [-0.15, -0.1) is 0 Å². The van der Waals surface area contributed by atoms with Crippen LogP contribution in [0.5, 0.6) is 0 Å². The number of halogens is 1. The zero-order valence-corrected chi connectivity index (χ0v) is 5.77. The Hall–Kier alpha value is -0.310. The topological polar surface area (TPSA) is 26.3 Å². The van der Waals surface area contributed by atoms with Gasteiger partial charge in [0.05, 0.1) is 11.1 Å². The first kappa shape index (κ1) is 5.82. The Morgan fingerprint density at radius 1 is 1.75 bits per heavy atom. The monoisotopic (exact) mass is 176 g/mol. The van der Waals surface area contributed by atoms with Crippen LogP contribution in [-0.4, -0.2) is 12.6 Å². The number of carbonyl (C=O) groups is 1. The standard InChI is InChI=1S/C5H5BrO2/c6-4-2-1-3-8-5(4)7/h2H,1,3H2. The van der Waals surface area contributed by atoms with E-state index in [-0.39, 0.29) is 5.97 Å². The smallest absolute Gasteiger partial charge is 0.344 e. The molecule has 0 spiro atoms. The first-order chi connectivity index (χ1) is 3.80. The Balaban J connectivity index is 2.67. The van der Waals surface area contributed by atoms with Gasteiger partial charge in [0.2, 0.25) is 0 Å². The van der Waals surface area contributed by atoms with E-state index < -0.39 is 0 Å². The average Bonchev–Trinajstić information content (AvgIpc) is 1.77. The van der Waals surface area contributed by atoms with Crippen molar-refractivity contribution in [3.63, 3.8) is 0 Å². The second kappa shape index (κ2) is 2.31. The van der Waals surface area contributed by atoms with Gasteiger partial charge in [-0.1, -0.05) is 6.08 Å². The third-order valence-electron chi connectivity index (χ3n) is 0.870. The lowest BCUT2D eigenvalue weighted by molar-refractivity contribution is -0.138. The molecule has 44 valence electrons. The lowest BCUT2D eigenvalue weighted by Crippen LogP contribution is -2.09. The van der Waals surface area contributed by atoms with Crippen molar-refractivity contribution in [1.82, 2.24) is 0 Å². The molecule has 0 radical (unpaired) electrons. The molecule has 0 aromatic rings. The van der Waals surface area contributed by atoms with Crippen LogP contribution in [0.15, 0.2) is 10.6 Å². The molecule has 0 N–H and O–H groups in total. The highest BCUT2D eigenvalue weighted by molar-refractivity contribution is 9.12. The van der Waals surface area contributed by atoms with Gasteiger partial charge >= 0.3 is 5.97 Å². The van der Waals surface area contributed by atoms with Crippen molar-refractivity contribution in [3.8, 4) is 0 Å². The van der Waals surface area contributed by atoms with E-state index in [0.717, 1.165) is 6.42 Å². The zero-order chi connectivity index (χ0) is 5.98. The van der Waals surface area contributed by atoms with Gasteiger partial charge in [-0.05, 0) is 15.9 Å². The summed E-state index contributed by atoms with van der Waals surface area (Å²) in [7, 11) is 0. The van der Waals surface area contributed by atoms with Crippen molar-refractivity contribution in [2.75, 3.05) is 6.61 Å². The van der Waals surface area contributed by atoms with Crippen molar-refractivity contribution in [3.05, 3.63) is 10.6 Å². The van der Waals surface area contributed by atoms with Crippen molar-refractivity contribution in [2.24, 2.45) is 0 Å². The summed E-state index contributed by atoms with van der Waals surface area (Å²) >= 11 is 3.04. The van der Waals surface area contributed by atoms with Crippen LogP contribution in [0.25, 0.3) is 0 Å². The lowest BCUT2D eigenvalue weighted by atomic mass is 10.3. The van der Waals surface area contributed by atoms with Gasteiger partial charge in [0.1, 0.15) is 0 Å². The molecule has 1 heterocycles. The zero-order valence-electron chi connectivity index (χ0n) is 4.19. The molecule has 0 aliphatic carbocycles. The van der Waals surface area contributed by atoms with Crippen LogP contribution in [0, 0.1) is 0 Å². The van der Waals surface area contributed by atoms with Crippen molar-refractivity contribution >= 4 is 21.9 Å². The molecule has 2 nitrogen and oxygen atoms in total. The molecule has 0 saturated carbocycles. The minimum absolute atomic E-state index is 0.253. The van der Waals surface area contributed by atoms with E-state index in [1.165, 1.54) is 0 Å². The molecule has 0 unspecified atom stereocenters. The maximum Gasteiger partial charge on any atom is 0.344 e. The molecule has 0 bridgehead atoms. The Morgan fingerprint density at radius 3 is 2.88 bits per heavy atom. The van der Waals surface area contributed by atoms with Crippen molar-refractivity contribution < 1.29 is 9.53 Å². The second-order valence-corrected chi connectivity index (χ2v) is 2.33. The Bertz CT molecular complexity index is 139. The van der Waals surface area contributed by atoms with E-state index in [4.69, 9.17) is 0 Å². The molecular formula is C5H5BrO2. The van der Waals surface area contributed by atoms with Crippen LogP contribution >= 0.6 is 15.9 Å². The summed E-state index contributed by atoms with van der Waals surface area (Å²) in [6.07, 6.45) is 2.64. The lowest BCUT2D eigenvalue weighted by Gasteiger charge is -2.06. The molecule has 0 aromatic heterocycles. The van der Waals surface area contributed by atoms with Crippen LogP contribution in [-0.2, 0) is 9.53 Å². The highest BCUT2D eigenvalue weighted by Gasteiger charge is 2.10. The first-order valence-electron chi connectivity index (χ1n) is 2.33. The number of ether oxygens (including phenoxy) is 1. The predicted octanol–water partition coefficient (Wildman–Crippen LogP) is 1.21. The van der Waals surface area contributed by atoms with Crippen molar-refractivity contribution in [2.45, 2.75) is 6.42 Å². The van der Waals surface area contributed by atoms with Gasteiger partial charge in [0, 0.05) is 6.42 Å². The van der Waals surface area contributed by atoms with Crippen LogP contribution < -0.4 is 0 Å². The van der Waals surface area contributed by atoms with E-state index in [2.05, 4.69) is 20.7 Å². The fourth-order valence-corrected chi connectivity index (χ4v) is 0.833. The van der Waals surface area contributed by atoms with Gasteiger partial charge in [0.25, 0.3) is 0 Å². The molecule has 1 aliphatic heterocycles. The number of cyclic esters (lactones) is 1. The van der Waals surface area contributed by atoms with Crippen LogP contribution in [0.4, 0.5) is 0 Å². The van der Waals surface area contributed by atoms with Gasteiger partial charge in [-0.3, -0.25) is 0 Å². The maximum absolute atomic E-state index is 10.5. The summed E-state index contributed by atoms with van der Waals surface area (Å²) in [5.41, 5.74) is 0. The number of carbonyl (C=O) groups excluding carboxylic acids is 1. The molecule has 3 heteroatoms. The third-order valence-corrected chi connectivity index (χ3v) is 1.52. The molecule has 8 heavy (non-hydrogen) atoms. The minimum atomic E-state index is -0.253. The number of esters is 1. The summed E-state index contributed by atoms with van der Waals surface area (Å²) in [4.78, 5) is 10.5. The molecular weight excluding hydrogens is 172 g/mol. The van der Waals surface area contributed by atoms with E-state index in [1.807, 2.05) is 6.08 Å². The summed E-state index contributed by atoms with van der Waals surface area (Å²) in [6, 6.07) is 0. The van der Waals surface area contributed by atoms with E-state index in [9.17, 15) is 4.79 Å². The largest absolute Gasteiger partial charge is 0.461 e. The minimum Gasteiger partial charge on any atom is -0.461 e. The normalized spacial score (nSPS) is 19.6. The fraction of sp³-hybridized carbons (Fsp3) is 0.400. The Labute approximate surface area is 55.6 Å². The van der Waals surface area contributed by atoms with E-state index in [0.29, 0.717) is 11.1 Å². The highest BCUT2D eigenvalue weighted by Crippen LogP contribution is 2.12. The molecule has 0 saturated heterocycles. The summed E-state index contributed by atoms with van der Waals surface area (Å²) in [6.45, 7) is 0.522. The fourth-order valence-electron chi connectivity index (χ4n) is 0.490. The summed E-state index contributed by atoms with van der Waals surface area (Å²) in [5, 5.41) is 0. The van der Waals surface area contributed by atoms with Gasteiger partial charge in [0.15, 0.2) is 0 Å². The van der Waals surface area contributed by atoms with Gasteiger partial charge in [-0.2, -0.15) is 0 Å². The molecule has 0 amide bonds. The maximum atomic E-state index is 10.5. The number of rotatable bonds is 0. The predicted molar refractivity (Wildman–Crippen MR) is 32.6 cm³/mol. The van der Waals surface area contributed by atoms with E-state index >= 15 is 0 Å². The van der Waals surface area contributed by atoms with Gasteiger partial charge in [-0.25, -0.2) is 4.79 Å². The Morgan fingerprint density at radius 2 is 2.50 bits per heavy atom. The van der Waals surface area contributed by atoms with Crippen LogP contribution in [0.2, 0.25) is 0 Å². The molecule has 1 aliphatic rings. The number of hydrogen-bond acceptors (Lipinski definition) is 2.